The molecule has 0 radical (unpaired) electrons. The zero-order valence-corrected chi connectivity index (χ0v) is 18.1. The Morgan fingerprint density at radius 3 is 1.00 bits per heavy atom. The van der Waals surface area contributed by atoms with Crippen LogP contribution in [0.5, 0.6) is 0 Å². The molecule has 0 bridgehead atoms. The first kappa shape index (κ1) is 25.9. The minimum Gasteiger partial charge on any atom is -0.343 e. The topological polar surface area (TPSA) is 60.7 Å². The molecule has 158 valence electrons. The summed E-state index contributed by atoms with van der Waals surface area (Å²) in [5, 5.41) is 29.5. The summed E-state index contributed by atoms with van der Waals surface area (Å²) in [5.74, 6) is -2.56. The lowest BCUT2D eigenvalue weighted by atomic mass is 9.77. The monoisotopic (exact) mass is 372 g/mol. The van der Waals surface area contributed by atoms with Crippen molar-refractivity contribution < 1.29 is 15.3 Å². The molecule has 0 spiro atoms. The second-order valence-corrected chi connectivity index (χ2v) is 8.65. The van der Waals surface area contributed by atoms with E-state index in [-0.39, 0.29) is 0 Å². The number of aliphatic hydroxyl groups is 3. The molecular formula is C23H48O3. The predicted molar refractivity (Wildman–Crippen MR) is 112 cm³/mol. The number of rotatable bonds is 19. The van der Waals surface area contributed by atoms with Gasteiger partial charge in [0.15, 0.2) is 0 Å². The van der Waals surface area contributed by atoms with Crippen molar-refractivity contribution >= 4 is 0 Å². The van der Waals surface area contributed by atoms with Crippen molar-refractivity contribution in [1.82, 2.24) is 0 Å². The van der Waals surface area contributed by atoms with Crippen LogP contribution in [-0.2, 0) is 0 Å². The Balaban J connectivity index is 3.91. The van der Waals surface area contributed by atoms with E-state index in [0.29, 0.717) is 12.8 Å². The third kappa shape index (κ3) is 13.1. The van der Waals surface area contributed by atoms with Gasteiger partial charge in [-0.05, 0) is 12.8 Å². The van der Waals surface area contributed by atoms with Crippen molar-refractivity contribution in [2.75, 3.05) is 0 Å². The zero-order valence-electron chi connectivity index (χ0n) is 18.1. The summed E-state index contributed by atoms with van der Waals surface area (Å²) < 4.78 is 0. The molecule has 0 aromatic rings. The van der Waals surface area contributed by atoms with Gasteiger partial charge in [-0.1, -0.05) is 124 Å². The first-order chi connectivity index (χ1) is 12.4. The molecule has 0 saturated carbocycles. The number of unbranched alkanes of at least 4 members (excludes halogenated alkanes) is 14. The molecule has 0 rings (SSSR count). The van der Waals surface area contributed by atoms with Gasteiger partial charge in [0.1, 0.15) is 0 Å². The highest BCUT2D eigenvalue weighted by Gasteiger charge is 2.43. The smallest absolute Gasteiger partial charge is 0.280 e. The first-order valence-electron chi connectivity index (χ1n) is 11.5. The highest BCUT2D eigenvalue weighted by Crippen LogP contribution is 2.39. The van der Waals surface area contributed by atoms with Crippen molar-refractivity contribution in [3.8, 4) is 0 Å². The molecule has 0 atom stereocenters. The van der Waals surface area contributed by atoms with Crippen LogP contribution in [0.15, 0.2) is 0 Å². The lowest BCUT2D eigenvalue weighted by molar-refractivity contribution is -0.374. The Hall–Kier alpha value is -0.120. The molecule has 0 aromatic carbocycles. The van der Waals surface area contributed by atoms with Crippen molar-refractivity contribution in [2.45, 2.75) is 142 Å². The van der Waals surface area contributed by atoms with Gasteiger partial charge < -0.3 is 15.3 Å². The van der Waals surface area contributed by atoms with Gasteiger partial charge in [0.2, 0.25) is 0 Å². The van der Waals surface area contributed by atoms with E-state index in [2.05, 4.69) is 13.8 Å². The fourth-order valence-electron chi connectivity index (χ4n) is 3.76. The molecule has 0 aliphatic rings. The lowest BCUT2D eigenvalue weighted by Crippen LogP contribution is -2.46. The zero-order chi connectivity index (χ0) is 19.7. The maximum atomic E-state index is 9.85. The summed E-state index contributed by atoms with van der Waals surface area (Å²) in [4.78, 5) is 0. The molecule has 3 heteroatoms. The van der Waals surface area contributed by atoms with E-state index in [0.717, 1.165) is 25.7 Å². The van der Waals surface area contributed by atoms with Gasteiger partial charge in [-0.15, -0.1) is 0 Å². The molecule has 0 aliphatic heterocycles. The highest BCUT2D eigenvalue weighted by atomic mass is 16.7. The molecule has 0 unspecified atom stereocenters. The molecule has 0 amide bonds. The number of hydrogen-bond donors (Lipinski definition) is 3. The maximum absolute atomic E-state index is 9.85. The summed E-state index contributed by atoms with van der Waals surface area (Å²) in [5.41, 5.74) is -0.808. The normalized spacial score (nSPS) is 12.7. The quantitative estimate of drug-likeness (QED) is 0.175. The predicted octanol–water partition coefficient (Wildman–Crippen LogP) is 6.69. The van der Waals surface area contributed by atoms with Crippen LogP contribution in [0.1, 0.15) is 136 Å². The average Bonchev–Trinajstić information content (AvgIpc) is 2.58. The second kappa shape index (κ2) is 15.9. The van der Waals surface area contributed by atoms with Gasteiger partial charge in [-0.2, -0.15) is 0 Å². The summed E-state index contributed by atoms with van der Waals surface area (Å²) in [6.07, 6.45) is 21.0. The first-order valence-corrected chi connectivity index (χ1v) is 11.5. The van der Waals surface area contributed by atoms with Crippen LogP contribution in [0, 0.1) is 5.41 Å². The van der Waals surface area contributed by atoms with Crippen LogP contribution >= 0.6 is 0 Å². The summed E-state index contributed by atoms with van der Waals surface area (Å²) in [6.45, 7) is 6.30. The standard InChI is InChI=1S/C23H48O3/c1-4-6-8-10-12-14-16-18-20-22(3,23(24,25)26)21-19-17-15-13-11-9-7-5-2/h24-26H,4-21H2,1-3H3. The van der Waals surface area contributed by atoms with Crippen molar-refractivity contribution in [3.63, 3.8) is 0 Å². The molecule has 26 heavy (non-hydrogen) atoms. The van der Waals surface area contributed by atoms with E-state index >= 15 is 0 Å². The molecule has 0 aromatic heterocycles. The minimum atomic E-state index is -2.56. The van der Waals surface area contributed by atoms with Crippen molar-refractivity contribution in [1.29, 1.82) is 0 Å². The van der Waals surface area contributed by atoms with E-state index in [9.17, 15) is 15.3 Å². The fraction of sp³-hybridized carbons (Fsp3) is 1.00. The molecular weight excluding hydrogens is 324 g/mol. The van der Waals surface area contributed by atoms with Gasteiger partial charge in [0, 0.05) is 5.41 Å². The summed E-state index contributed by atoms with van der Waals surface area (Å²) in [7, 11) is 0. The van der Waals surface area contributed by atoms with E-state index in [4.69, 9.17) is 0 Å². The molecule has 0 aliphatic carbocycles. The van der Waals surface area contributed by atoms with Gasteiger partial charge in [0.25, 0.3) is 5.97 Å². The maximum Gasteiger partial charge on any atom is 0.280 e. The SMILES string of the molecule is CCCCCCCCCCC(C)(CCCCCCCCCC)C(O)(O)O. The molecule has 0 heterocycles. The summed E-state index contributed by atoms with van der Waals surface area (Å²) in [6, 6.07) is 0. The number of hydrogen-bond acceptors (Lipinski definition) is 3. The molecule has 0 saturated heterocycles. The van der Waals surface area contributed by atoms with Gasteiger partial charge >= 0.3 is 0 Å². The average molecular weight is 373 g/mol. The van der Waals surface area contributed by atoms with Gasteiger partial charge in [0.05, 0.1) is 0 Å². The minimum absolute atomic E-state index is 0.682. The Kier molecular flexibility index (Phi) is 15.8. The third-order valence-electron chi connectivity index (χ3n) is 5.97. The molecule has 3 nitrogen and oxygen atoms in total. The Bertz CT molecular complexity index is 276. The van der Waals surface area contributed by atoms with Crippen LogP contribution in [0.25, 0.3) is 0 Å². The van der Waals surface area contributed by atoms with Gasteiger partial charge in [-0.3, -0.25) is 0 Å². The molecule has 0 fully saturated rings. The van der Waals surface area contributed by atoms with Crippen molar-refractivity contribution in [3.05, 3.63) is 0 Å². The lowest BCUT2D eigenvalue weighted by Gasteiger charge is -2.37. The Morgan fingerprint density at radius 1 is 0.462 bits per heavy atom. The van der Waals surface area contributed by atoms with Crippen LogP contribution < -0.4 is 0 Å². The second-order valence-electron chi connectivity index (χ2n) is 8.65. The third-order valence-corrected chi connectivity index (χ3v) is 5.97. The van der Waals surface area contributed by atoms with E-state index in [1.165, 1.54) is 77.0 Å². The van der Waals surface area contributed by atoms with Crippen LogP contribution in [0.4, 0.5) is 0 Å². The van der Waals surface area contributed by atoms with Crippen LogP contribution in [0.2, 0.25) is 0 Å². The molecule has 3 N–H and O–H groups in total. The van der Waals surface area contributed by atoms with Crippen molar-refractivity contribution in [2.24, 2.45) is 5.41 Å². The van der Waals surface area contributed by atoms with E-state index in [1.54, 1.807) is 0 Å². The van der Waals surface area contributed by atoms with Crippen LogP contribution in [0.3, 0.4) is 0 Å². The Labute approximate surface area is 163 Å². The Morgan fingerprint density at radius 2 is 0.731 bits per heavy atom. The fourth-order valence-corrected chi connectivity index (χ4v) is 3.76. The van der Waals surface area contributed by atoms with E-state index < -0.39 is 11.4 Å². The van der Waals surface area contributed by atoms with Crippen LogP contribution in [-0.4, -0.2) is 21.3 Å². The van der Waals surface area contributed by atoms with Gasteiger partial charge in [-0.25, -0.2) is 0 Å². The largest absolute Gasteiger partial charge is 0.343 e. The highest BCUT2D eigenvalue weighted by molar-refractivity contribution is 4.81. The summed E-state index contributed by atoms with van der Waals surface area (Å²) >= 11 is 0. The van der Waals surface area contributed by atoms with E-state index in [1.807, 2.05) is 6.92 Å².